The summed E-state index contributed by atoms with van der Waals surface area (Å²) in [6, 6.07) is -46.8. The van der Waals surface area contributed by atoms with Gasteiger partial charge in [0.05, 0.1) is 92.6 Å². The van der Waals surface area contributed by atoms with Gasteiger partial charge in [-0.15, -0.1) is 0 Å². The van der Waals surface area contributed by atoms with Crippen molar-refractivity contribution in [3.63, 3.8) is 0 Å². The fourth-order valence-electron chi connectivity index (χ4n) is 7.44. The van der Waals surface area contributed by atoms with Crippen LogP contribution in [-0.2, 0) is 0 Å². The van der Waals surface area contributed by atoms with E-state index in [2.05, 4.69) is 4.98 Å². The summed E-state index contributed by atoms with van der Waals surface area (Å²) in [5, 5.41) is -8.36. The Kier molecular flexibility index (Phi) is 3.47. The van der Waals surface area contributed by atoms with Gasteiger partial charge in [0.1, 0.15) is 0 Å². The molecule has 0 aliphatic carbocycles. The van der Waals surface area contributed by atoms with E-state index in [9.17, 15) is 34.3 Å². The predicted molar refractivity (Wildman–Crippen MR) is 265 cm³/mol. The highest BCUT2D eigenvalue weighted by Crippen LogP contribution is 2.38. The van der Waals surface area contributed by atoms with Gasteiger partial charge in [-0.2, -0.15) is 0 Å². The first kappa shape index (κ1) is 14.5. The van der Waals surface area contributed by atoms with Gasteiger partial charge in [-0.1, -0.05) is 205 Å². The van der Waals surface area contributed by atoms with Crippen LogP contribution in [0.1, 0.15) is 53.5 Å². The third-order valence-electron chi connectivity index (χ3n) is 10.0. The standard InChI is InChI=1S/C58H40N4Si/c1-5-21-41(22-6-1)51-40-52(60-58(59-51)62-55-35-19-15-31-48(55)49-32-16-20-36-56(49)62)50-39-45(37-38-57(50)61-53-33-17-13-29-46(53)47-30-14-18-34-54(47)61)63(42-23-7-2-8-24-42,43-25-9-3-10-26-43)44-27-11-4-12-28-44/h1-40H/i1D,2D,3D,4D,5D,6D,7D,8D,9D,10D,11D,12D,13D,14D,15D,16D,17D,18D,19D,20D,21D,22D,23D,24D,25D,26D,27D,28D,29D,30D,31D,32D,33D,34D,35D,36D,37D,38D,39D. The first-order valence-electron chi connectivity index (χ1n) is 37.8. The number of fused-ring (bicyclic) bond motifs is 6. The Morgan fingerprint density at radius 1 is 0.349 bits per heavy atom. The monoisotopic (exact) mass is 860 g/mol. The lowest BCUT2D eigenvalue weighted by atomic mass is 10.1. The van der Waals surface area contributed by atoms with E-state index in [-0.39, 0.29) is 0 Å². The largest absolute Gasteiger partial charge is 0.309 e. The third kappa shape index (κ3) is 5.89. The van der Waals surface area contributed by atoms with Crippen molar-refractivity contribution in [2.75, 3.05) is 0 Å². The Balaban J connectivity index is 1.51. The molecule has 0 N–H and O–H groups in total. The lowest BCUT2D eigenvalue weighted by Crippen LogP contribution is -2.74. The number of hydrogen-bond acceptors (Lipinski definition) is 2. The molecule has 12 rings (SSSR count). The molecule has 0 radical (unpaired) electrons. The first-order chi connectivity index (χ1) is 47.5. The highest BCUT2D eigenvalue weighted by Gasteiger charge is 2.42. The summed E-state index contributed by atoms with van der Waals surface area (Å²) >= 11 is 0. The van der Waals surface area contributed by atoms with E-state index in [0.29, 0.717) is 15.2 Å². The van der Waals surface area contributed by atoms with Crippen LogP contribution in [0.2, 0.25) is 0 Å². The summed E-state index contributed by atoms with van der Waals surface area (Å²) in [4.78, 5) is 9.34. The molecule has 0 atom stereocenters. The first-order valence-corrected chi connectivity index (χ1v) is 20.3. The zero-order valence-electron chi connectivity index (χ0n) is 70.4. The van der Waals surface area contributed by atoms with Gasteiger partial charge in [0.15, 0.2) is 8.07 Å². The molecule has 0 fully saturated rings. The van der Waals surface area contributed by atoms with Crippen LogP contribution in [0.15, 0.2) is 242 Å². The van der Waals surface area contributed by atoms with Crippen molar-refractivity contribution in [2.45, 2.75) is 0 Å². The van der Waals surface area contributed by atoms with Gasteiger partial charge >= 0.3 is 0 Å². The fraction of sp³-hybridized carbons (Fsp3) is 0. The normalized spacial score (nSPS) is 20.5. The zero-order chi connectivity index (χ0) is 75.7. The molecule has 0 bridgehead atoms. The van der Waals surface area contributed by atoms with Crippen molar-refractivity contribution in [3.8, 4) is 34.2 Å². The molecule has 0 saturated carbocycles. The second-order valence-corrected chi connectivity index (χ2v) is 16.7. The summed E-state index contributed by atoms with van der Waals surface area (Å²) in [6.07, 6.45) is 0. The Morgan fingerprint density at radius 2 is 0.730 bits per heavy atom. The van der Waals surface area contributed by atoms with E-state index in [0.717, 1.165) is 0 Å². The maximum absolute atomic E-state index is 11.2. The van der Waals surface area contributed by atoms with Crippen LogP contribution in [-0.4, -0.2) is 27.2 Å². The van der Waals surface area contributed by atoms with Crippen molar-refractivity contribution in [2.24, 2.45) is 0 Å². The number of benzene rings is 9. The molecular weight excluding hydrogens is 781 g/mol. The summed E-state index contributed by atoms with van der Waals surface area (Å²) in [5.74, 6) is -1.16. The minimum Gasteiger partial charge on any atom is -0.309 e. The van der Waals surface area contributed by atoms with Crippen LogP contribution in [0.5, 0.6) is 0 Å². The Morgan fingerprint density at radius 3 is 1.19 bits per heavy atom. The number of para-hydroxylation sites is 4. The van der Waals surface area contributed by atoms with Gasteiger partial charge in [0.25, 0.3) is 0 Å². The second-order valence-electron chi connectivity index (χ2n) is 13.2. The number of hydrogen-bond donors (Lipinski definition) is 0. The Hall–Kier alpha value is -8.12. The molecule has 63 heavy (non-hydrogen) atoms. The smallest absolute Gasteiger partial charge is 0.235 e. The van der Waals surface area contributed by atoms with Gasteiger partial charge in [-0.05, 0) is 57.0 Å². The van der Waals surface area contributed by atoms with Crippen molar-refractivity contribution in [1.82, 2.24) is 19.1 Å². The molecule has 0 spiro atoms. The summed E-state index contributed by atoms with van der Waals surface area (Å²) < 4.78 is 366. The zero-order valence-corrected chi connectivity index (χ0v) is 32.4. The van der Waals surface area contributed by atoms with Crippen LogP contribution in [0.4, 0.5) is 0 Å². The highest BCUT2D eigenvalue weighted by molar-refractivity contribution is 7.19. The van der Waals surface area contributed by atoms with Gasteiger partial charge in [0.2, 0.25) is 5.95 Å². The topological polar surface area (TPSA) is 35.6 Å². The molecule has 3 aromatic heterocycles. The molecule has 9 aromatic carbocycles. The van der Waals surface area contributed by atoms with Crippen LogP contribution < -0.4 is 20.7 Å². The molecular formula is C58H40N4Si. The molecule has 0 saturated heterocycles. The van der Waals surface area contributed by atoms with Crippen molar-refractivity contribution >= 4 is 72.4 Å². The molecule has 3 heterocycles. The van der Waals surface area contributed by atoms with Crippen LogP contribution in [0.25, 0.3) is 77.8 Å². The van der Waals surface area contributed by atoms with Crippen LogP contribution in [0, 0.1) is 0 Å². The predicted octanol–water partition coefficient (Wildman–Crippen LogP) is 11.4. The average molecular weight is 860 g/mol. The summed E-state index contributed by atoms with van der Waals surface area (Å²) in [6.45, 7) is 0. The van der Waals surface area contributed by atoms with E-state index in [1.807, 2.05) is 0 Å². The van der Waals surface area contributed by atoms with Crippen molar-refractivity contribution in [3.05, 3.63) is 242 Å². The molecule has 12 aromatic rings. The van der Waals surface area contributed by atoms with Gasteiger partial charge in [-0.25, -0.2) is 9.97 Å². The lowest BCUT2D eigenvalue weighted by molar-refractivity contribution is 0.994. The number of rotatable bonds is 8. The van der Waals surface area contributed by atoms with Crippen molar-refractivity contribution in [1.29, 1.82) is 0 Å². The number of aromatic nitrogens is 4. The molecule has 0 aliphatic rings. The third-order valence-corrected chi connectivity index (χ3v) is 14.0. The molecule has 0 aliphatic heterocycles. The fourth-order valence-corrected chi connectivity index (χ4v) is 11.0. The molecule has 5 heteroatoms. The van der Waals surface area contributed by atoms with E-state index >= 15 is 0 Å². The Labute approximate surface area is 421 Å². The van der Waals surface area contributed by atoms with E-state index < -0.39 is 342 Å². The average Bonchev–Trinajstić information content (AvgIpc) is 0.983. The van der Waals surface area contributed by atoms with Gasteiger partial charge in [0, 0.05) is 32.7 Å². The Bertz CT molecular complexity index is 5520. The van der Waals surface area contributed by atoms with Crippen LogP contribution >= 0.6 is 0 Å². The minimum atomic E-state index is -6.89. The quantitative estimate of drug-likeness (QED) is 0.113. The number of nitrogens with zero attached hydrogens (tertiary/aromatic N) is 4. The minimum absolute atomic E-state index is 0.528. The SMILES string of the molecule is [2H]c1c([2H])c([2H])c(-c2cc(-c3c([2H])c([Si](c4c([2H])c([2H])c([2H])c([2H])c4[2H])(c4c([2H])c([2H])c([2H])c([2H])c4[2H])c4c([2H])c([2H])c([2H])c([2H])c4[2H])c([2H])c([2H])c3-n3c4c([2H])c([2H])c([2H])c([2H])c4c4c([2H])c([2H])c([2H])c([2H])c43)nc(-n3c4c([2H])c([2H])c([2H])c([2H])c4c4c([2H])c([2H])c([2H])c([2H])c43)n2)c([2H])c1[2H]. The van der Waals surface area contributed by atoms with E-state index in [4.69, 9.17) is 24.2 Å². The van der Waals surface area contributed by atoms with Gasteiger partial charge < -0.3 is 4.57 Å². The molecule has 296 valence electrons. The lowest BCUT2D eigenvalue weighted by Gasteiger charge is -2.35. The maximum Gasteiger partial charge on any atom is 0.235 e. The van der Waals surface area contributed by atoms with E-state index in [1.54, 1.807) is 0 Å². The van der Waals surface area contributed by atoms with E-state index in [1.165, 1.54) is 0 Å². The van der Waals surface area contributed by atoms with Gasteiger partial charge in [-0.3, -0.25) is 4.57 Å². The molecule has 0 unspecified atom stereocenters. The van der Waals surface area contributed by atoms with Crippen molar-refractivity contribution < 1.29 is 53.5 Å². The maximum atomic E-state index is 11.2. The summed E-state index contributed by atoms with van der Waals surface area (Å²) in [5.41, 5.74) is -9.06. The van der Waals surface area contributed by atoms with Crippen LogP contribution in [0.3, 0.4) is 0 Å². The molecule has 4 nitrogen and oxygen atoms in total. The second kappa shape index (κ2) is 15.1. The summed E-state index contributed by atoms with van der Waals surface area (Å²) in [7, 11) is -6.89. The highest BCUT2D eigenvalue weighted by atomic mass is 28.3. The molecule has 0 amide bonds.